The van der Waals surface area contributed by atoms with E-state index in [9.17, 15) is 15.1 Å². The third-order valence-corrected chi connectivity index (χ3v) is 2.79. The minimum Gasteiger partial charge on any atom is -0.618 e. The number of aromatic hydroxyl groups is 1. The van der Waals surface area contributed by atoms with Crippen molar-refractivity contribution in [3.63, 3.8) is 0 Å². The molecule has 2 rings (SSSR count). The van der Waals surface area contributed by atoms with Gasteiger partial charge in [-0.25, -0.2) is 0 Å². The lowest BCUT2D eigenvalue weighted by molar-refractivity contribution is -0.608. The Hall–Kier alpha value is -2.56. The molecule has 0 spiro atoms. The number of pyridine rings is 1. The van der Waals surface area contributed by atoms with Gasteiger partial charge in [0.1, 0.15) is 5.75 Å². The SMILES string of the molecule is CN(Cc1ccccc1O)C(=O)c1cccc[n+]1[O-]. The molecule has 1 N–H and O–H groups in total. The molecular formula is C14H14N2O3. The zero-order valence-electron chi connectivity index (χ0n) is 10.5. The van der Waals surface area contributed by atoms with Crippen LogP contribution in [-0.4, -0.2) is 23.0 Å². The number of amides is 1. The molecule has 0 radical (unpaired) electrons. The molecule has 98 valence electrons. The number of aromatic nitrogens is 1. The lowest BCUT2D eigenvalue weighted by atomic mass is 10.2. The van der Waals surface area contributed by atoms with Crippen LogP contribution in [0, 0.1) is 5.21 Å². The van der Waals surface area contributed by atoms with Gasteiger partial charge in [-0.05, 0) is 12.1 Å². The number of phenols is 1. The fourth-order valence-electron chi connectivity index (χ4n) is 1.76. The van der Waals surface area contributed by atoms with E-state index in [0.29, 0.717) is 10.3 Å². The highest BCUT2D eigenvalue weighted by Gasteiger charge is 2.20. The molecular weight excluding hydrogens is 244 g/mol. The Morgan fingerprint density at radius 2 is 1.95 bits per heavy atom. The van der Waals surface area contributed by atoms with Crippen molar-refractivity contribution in [1.29, 1.82) is 0 Å². The number of benzene rings is 1. The molecule has 0 bridgehead atoms. The normalized spacial score (nSPS) is 10.2. The predicted molar refractivity (Wildman–Crippen MR) is 69.3 cm³/mol. The van der Waals surface area contributed by atoms with Gasteiger partial charge in [-0.3, -0.25) is 4.79 Å². The summed E-state index contributed by atoms with van der Waals surface area (Å²) in [5.74, 6) is -0.260. The van der Waals surface area contributed by atoms with Crippen LogP contribution in [0.15, 0.2) is 48.7 Å². The summed E-state index contributed by atoms with van der Waals surface area (Å²) in [4.78, 5) is 13.5. The summed E-state index contributed by atoms with van der Waals surface area (Å²) in [6, 6.07) is 11.4. The predicted octanol–water partition coefficient (Wildman–Crippen LogP) is 1.30. The standard InChI is InChI=1S/C14H14N2O3/c1-15(10-11-6-2-3-8-13(11)17)14(18)12-7-4-5-9-16(12)19/h2-9,17H,10H2,1H3. The molecule has 0 unspecified atom stereocenters. The van der Waals surface area contributed by atoms with Gasteiger partial charge in [0.05, 0.1) is 0 Å². The van der Waals surface area contributed by atoms with E-state index in [2.05, 4.69) is 0 Å². The molecule has 1 aromatic carbocycles. The first-order valence-electron chi connectivity index (χ1n) is 5.80. The molecule has 5 nitrogen and oxygen atoms in total. The summed E-state index contributed by atoms with van der Waals surface area (Å²) in [5, 5.41) is 21.2. The van der Waals surface area contributed by atoms with Gasteiger partial charge in [0.15, 0.2) is 6.20 Å². The lowest BCUT2D eigenvalue weighted by Crippen LogP contribution is -2.39. The largest absolute Gasteiger partial charge is 0.618 e. The monoisotopic (exact) mass is 258 g/mol. The number of nitrogens with zero attached hydrogens (tertiary/aromatic N) is 2. The molecule has 0 aliphatic heterocycles. The molecule has 2 aromatic rings. The van der Waals surface area contributed by atoms with E-state index >= 15 is 0 Å². The van der Waals surface area contributed by atoms with Gasteiger partial charge < -0.3 is 15.2 Å². The molecule has 19 heavy (non-hydrogen) atoms. The van der Waals surface area contributed by atoms with E-state index in [0.717, 1.165) is 0 Å². The number of rotatable bonds is 3. The van der Waals surface area contributed by atoms with Gasteiger partial charge in [-0.15, -0.1) is 0 Å². The molecule has 1 amide bonds. The van der Waals surface area contributed by atoms with Crippen molar-refractivity contribution in [2.24, 2.45) is 0 Å². The highest BCUT2D eigenvalue weighted by atomic mass is 16.5. The minimum atomic E-state index is -0.390. The Labute approximate surface area is 110 Å². The summed E-state index contributed by atoms with van der Waals surface area (Å²) in [7, 11) is 1.59. The summed E-state index contributed by atoms with van der Waals surface area (Å²) in [6.07, 6.45) is 1.28. The number of hydrogen-bond donors (Lipinski definition) is 1. The second kappa shape index (κ2) is 5.39. The first-order valence-corrected chi connectivity index (χ1v) is 5.80. The molecule has 0 saturated carbocycles. The zero-order valence-corrected chi connectivity index (χ0v) is 10.5. The van der Waals surface area contributed by atoms with Crippen LogP contribution in [0.25, 0.3) is 0 Å². The Morgan fingerprint density at radius 1 is 1.26 bits per heavy atom. The molecule has 0 fully saturated rings. The van der Waals surface area contributed by atoms with E-state index in [-0.39, 0.29) is 23.9 Å². The van der Waals surface area contributed by atoms with Crippen LogP contribution in [0.3, 0.4) is 0 Å². The van der Waals surface area contributed by atoms with Crippen LogP contribution in [-0.2, 0) is 6.54 Å². The minimum absolute atomic E-state index is 0.0559. The number of phenolic OH excluding ortho intramolecular Hbond substituents is 1. The van der Waals surface area contributed by atoms with Gasteiger partial charge in [0.25, 0.3) is 5.69 Å². The third-order valence-electron chi connectivity index (χ3n) is 2.79. The molecule has 0 atom stereocenters. The first-order chi connectivity index (χ1) is 9.09. The van der Waals surface area contributed by atoms with Crippen molar-refractivity contribution >= 4 is 5.91 Å². The number of hydrogen-bond acceptors (Lipinski definition) is 3. The maximum absolute atomic E-state index is 12.1. The molecule has 1 aromatic heterocycles. The van der Waals surface area contributed by atoms with Crippen LogP contribution < -0.4 is 4.73 Å². The first kappa shape index (κ1) is 12.9. The van der Waals surface area contributed by atoms with Crippen molar-refractivity contribution in [2.75, 3.05) is 7.05 Å². The Kier molecular flexibility index (Phi) is 3.66. The van der Waals surface area contributed by atoms with Gasteiger partial charge in [-0.1, -0.05) is 18.2 Å². The zero-order chi connectivity index (χ0) is 13.8. The van der Waals surface area contributed by atoms with E-state index in [1.807, 2.05) is 0 Å². The van der Waals surface area contributed by atoms with Crippen LogP contribution in [0.4, 0.5) is 0 Å². The summed E-state index contributed by atoms with van der Waals surface area (Å²) >= 11 is 0. The molecule has 0 aliphatic carbocycles. The van der Waals surface area contributed by atoms with Crippen molar-refractivity contribution in [1.82, 2.24) is 4.90 Å². The highest BCUT2D eigenvalue weighted by molar-refractivity contribution is 5.90. The van der Waals surface area contributed by atoms with E-state index in [1.165, 1.54) is 17.2 Å². The van der Waals surface area contributed by atoms with Gasteiger partial charge in [-0.2, -0.15) is 4.73 Å². The van der Waals surface area contributed by atoms with Crippen LogP contribution in [0.1, 0.15) is 16.1 Å². The second-order valence-corrected chi connectivity index (χ2v) is 4.20. The quantitative estimate of drug-likeness (QED) is 0.666. The van der Waals surface area contributed by atoms with E-state index < -0.39 is 0 Å². The van der Waals surface area contributed by atoms with E-state index in [4.69, 9.17) is 0 Å². The smallest absolute Gasteiger partial charge is 0.320 e. The third kappa shape index (κ3) is 2.82. The molecule has 5 heteroatoms. The average Bonchev–Trinajstić information content (AvgIpc) is 2.41. The topological polar surface area (TPSA) is 67.5 Å². The highest BCUT2D eigenvalue weighted by Crippen LogP contribution is 2.17. The van der Waals surface area contributed by atoms with Gasteiger partial charge in [0, 0.05) is 31.3 Å². The maximum Gasteiger partial charge on any atom is 0.320 e. The van der Waals surface area contributed by atoms with Gasteiger partial charge >= 0.3 is 5.91 Å². The Bertz CT molecular complexity index is 599. The van der Waals surface area contributed by atoms with Crippen LogP contribution in [0.2, 0.25) is 0 Å². The Balaban J connectivity index is 2.17. The second-order valence-electron chi connectivity index (χ2n) is 4.20. The number of carbonyl (C=O) groups excluding carboxylic acids is 1. The maximum atomic E-state index is 12.1. The average molecular weight is 258 g/mol. The molecule has 1 heterocycles. The lowest BCUT2D eigenvalue weighted by Gasteiger charge is -2.17. The summed E-state index contributed by atoms with van der Waals surface area (Å²) in [5.41, 5.74) is 0.687. The van der Waals surface area contributed by atoms with Crippen LogP contribution >= 0.6 is 0 Å². The molecule has 0 saturated heterocycles. The van der Waals surface area contributed by atoms with Gasteiger partial charge in [0.2, 0.25) is 0 Å². The fraction of sp³-hybridized carbons (Fsp3) is 0.143. The van der Waals surface area contributed by atoms with Crippen LogP contribution in [0.5, 0.6) is 5.75 Å². The Morgan fingerprint density at radius 3 is 2.63 bits per heavy atom. The number of para-hydroxylation sites is 1. The summed E-state index contributed by atoms with van der Waals surface area (Å²) < 4.78 is 0.531. The van der Waals surface area contributed by atoms with Crippen molar-refractivity contribution in [3.05, 3.63) is 65.1 Å². The molecule has 0 aliphatic rings. The van der Waals surface area contributed by atoms with Crippen molar-refractivity contribution in [2.45, 2.75) is 6.54 Å². The summed E-state index contributed by atoms with van der Waals surface area (Å²) in [6.45, 7) is 0.237. The van der Waals surface area contributed by atoms with Crippen molar-refractivity contribution in [3.8, 4) is 5.75 Å². The van der Waals surface area contributed by atoms with Crippen molar-refractivity contribution < 1.29 is 14.6 Å². The number of carbonyl (C=O) groups is 1. The van der Waals surface area contributed by atoms with E-state index in [1.54, 1.807) is 43.4 Å². The fourth-order valence-corrected chi connectivity index (χ4v) is 1.76.